The van der Waals surface area contributed by atoms with E-state index < -0.39 is 29.3 Å². The molecule has 0 bridgehead atoms. The number of benzene rings is 1. The van der Waals surface area contributed by atoms with Crippen molar-refractivity contribution < 1.29 is 32.3 Å². The van der Waals surface area contributed by atoms with Gasteiger partial charge < -0.3 is 14.8 Å². The molecule has 1 aromatic carbocycles. The van der Waals surface area contributed by atoms with E-state index in [4.69, 9.17) is 9.52 Å². The second-order valence-corrected chi connectivity index (χ2v) is 4.41. The molecule has 8 heteroatoms. The van der Waals surface area contributed by atoms with Crippen molar-refractivity contribution in [2.45, 2.75) is 6.18 Å². The van der Waals surface area contributed by atoms with E-state index in [9.17, 15) is 22.8 Å². The van der Waals surface area contributed by atoms with Crippen molar-refractivity contribution in [1.82, 2.24) is 5.32 Å². The van der Waals surface area contributed by atoms with Crippen LogP contribution in [-0.2, 0) is 11.0 Å². The first-order chi connectivity index (χ1) is 10.8. The number of carbonyl (C=O) groups excluding carboxylic acids is 1. The summed E-state index contributed by atoms with van der Waals surface area (Å²) in [7, 11) is 0. The number of hydrogen-bond donors (Lipinski definition) is 2. The highest BCUT2D eigenvalue weighted by atomic mass is 19.4. The van der Waals surface area contributed by atoms with Crippen LogP contribution in [0.4, 0.5) is 13.2 Å². The lowest BCUT2D eigenvalue weighted by molar-refractivity contribution is -0.137. The minimum atomic E-state index is -4.51. The largest absolute Gasteiger partial charge is 0.477 e. The Morgan fingerprint density at radius 3 is 2.26 bits per heavy atom. The van der Waals surface area contributed by atoms with Gasteiger partial charge in [-0.3, -0.25) is 4.79 Å². The number of halogens is 3. The second kappa shape index (κ2) is 6.39. The summed E-state index contributed by atoms with van der Waals surface area (Å²) in [6.07, 6.45) is -2.10. The van der Waals surface area contributed by atoms with E-state index in [1.165, 1.54) is 18.4 Å². The number of amides is 1. The Labute approximate surface area is 128 Å². The van der Waals surface area contributed by atoms with E-state index in [0.717, 1.165) is 30.3 Å². The van der Waals surface area contributed by atoms with Crippen molar-refractivity contribution >= 4 is 18.0 Å². The zero-order valence-electron chi connectivity index (χ0n) is 11.4. The first-order valence-corrected chi connectivity index (χ1v) is 6.24. The van der Waals surface area contributed by atoms with Gasteiger partial charge in [-0.05, 0) is 36.4 Å². The highest BCUT2D eigenvalue weighted by molar-refractivity contribution is 6.02. The molecule has 2 aromatic rings. The molecule has 0 aliphatic heterocycles. The Balaban J connectivity index is 2.18. The van der Waals surface area contributed by atoms with Crippen LogP contribution in [0.1, 0.15) is 21.7 Å². The molecule has 120 valence electrons. The third-order valence-corrected chi connectivity index (χ3v) is 2.78. The van der Waals surface area contributed by atoms with Gasteiger partial charge in [0.2, 0.25) is 0 Å². The van der Waals surface area contributed by atoms with Crippen molar-refractivity contribution in [2.75, 3.05) is 0 Å². The number of nitrogens with one attached hydrogen (secondary N) is 1. The van der Waals surface area contributed by atoms with Gasteiger partial charge >= 0.3 is 12.1 Å². The van der Waals surface area contributed by atoms with Crippen LogP contribution in [0.3, 0.4) is 0 Å². The van der Waals surface area contributed by atoms with Crippen LogP contribution in [0.25, 0.3) is 6.08 Å². The van der Waals surface area contributed by atoms with Gasteiger partial charge in [-0.25, -0.2) is 4.79 Å². The van der Waals surface area contributed by atoms with E-state index in [-0.39, 0.29) is 11.3 Å². The summed E-state index contributed by atoms with van der Waals surface area (Å²) >= 11 is 0. The number of carboxylic acid groups (broad SMARTS) is 1. The number of hydrogen-bond acceptors (Lipinski definition) is 3. The number of furan rings is 1. The monoisotopic (exact) mass is 325 g/mol. The fourth-order valence-electron chi connectivity index (χ4n) is 1.67. The summed E-state index contributed by atoms with van der Waals surface area (Å²) in [4.78, 5) is 23.0. The lowest BCUT2D eigenvalue weighted by Gasteiger charge is -2.08. The van der Waals surface area contributed by atoms with E-state index in [1.807, 2.05) is 0 Å². The zero-order chi connectivity index (χ0) is 17.0. The first kappa shape index (κ1) is 16.3. The second-order valence-electron chi connectivity index (χ2n) is 4.41. The Hall–Kier alpha value is -3.03. The summed E-state index contributed by atoms with van der Waals surface area (Å²) in [6, 6.07) is 6.42. The predicted molar refractivity (Wildman–Crippen MR) is 73.2 cm³/mol. The number of carbonyl (C=O) groups is 2. The molecule has 1 heterocycles. The van der Waals surface area contributed by atoms with Crippen LogP contribution >= 0.6 is 0 Å². The van der Waals surface area contributed by atoms with Crippen LogP contribution < -0.4 is 5.32 Å². The van der Waals surface area contributed by atoms with Gasteiger partial charge in [0.05, 0.1) is 11.8 Å². The van der Waals surface area contributed by atoms with Gasteiger partial charge in [0.15, 0.2) is 0 Å². The van der Waals surface area contributed by atoms with Gasteiger partial charge in [0, 0.05) is 11.6 Å². The summed E-state index contributed by atoms with van der Waals surface area (Å²) in [5.41, 5.74) is -1.48. The van der Waals surface area contributed by atoms with Crippen molar-refractivity contribution in [3.8, 4) is 0 Å². The Morgan fingerprint density at radius 1 is 1.13 bits per heavy atom. The topological polar surface area (TPSA) is 79.5 Å². The molecule has 1 aromatic heterocycles. The average molecular weight is 325 g/mol. The molecule has 0 spiro atoms. The molecule has 5 nitrogen and oxygen atoms in total. The predicted octanol–water partition coefficient (Wildman–Crippen LogP) is 3.15. The van der Waals surface area contributed by atoms with Crippen molar-refractivity contribution in [1.29, 1.82) is 0 Å². The van der Waals surface area contributed by atoms with E-state index in [0.29, 0.717) is 0 Å². The molecule has 0 radical (unpaired) electrons. The maximum atomic E-state index is 12.5. The third-order valence-electron chi connectivity index (χ3n) is 2.78. The first-order valence-electron chi connectivity index (χ1n) is 6.24. The van der Waals surface area contributed by atoms with Crippen molar-refractivity contribution in [3.05, 3.63) is 65.2 Å². The number of rotatable bonds is 4. The van der Waals surface area contributed by atoms with Crippen LogP contribution in [0.2, 0.25) is 0 Å². The van der Waals surface area contributed by atoms with Gasteiger partial charge in [0.1, 0.15) is 11.5 Å². The Kier molecular flexibility index (Phi) is 4.54. The summed E-state index contributed by atoms with van der Waals surface area (Å²) in [5.74, 6) is -2.06. The summed E-state index contributed by atoms with van der Waals surface area (Å²) in [6.45, 7) is 0. The fraction of sp³-hybridized carbons (Fsp3) is 0.0667. The minimum Gasteiger partial charge on any atom is -0.477 e. The smallest absolute Gasteiger partial charge is 0.416 e. The Bertz CT molecular complexity index is 731. The lowest BCUT2D eigenvalue weighted by atomic mass is 10.1. The molecule has 0 atom stereocenters. The van der Waals surface area contributed by atoms with Gasteiger partial charge in [-0.1, -0.05) is 0 Å². The highest BCUT2D eigenvalue weighted by Gasteiger charge is 2.30. The number of aliphatic carboxylic acids is 1. The fourth-order valence-corrected chi connectivity index (χ4v) is 1.67. The molecule has 0 saturated carbocycles. The standard InChI is InChI=1S/C15H10F3NO4/c16-15(17,18)10-5-3-9(4-6-10)13(20)19-12(14(21)22)8-11-2-1-7-23-11/h1-8H,(H,19,20)(H,21,22)/b12-8+. The summed E-state index contributed by atoms with van der Waals surface area (Å²) in [5, 5.41) is 11.2. The van der Waals surface area contributed by atoms with Crippen LogP contribution in [-0.4, -0.2) is 17.0 Å². The highest BCUT2D eigenvalue weighted by Crippen LogP contribution is 2.29. The average Bonchev–Trinajstić information content (AvgIpc) is 2.98. The SMILES string of the molecule is O=C(O)/C(=C\c1ccco1)NC(=O)c1ccc(C(F)(F)F)cc1. The molecule has 2 N–H and O–H groups in total. The van der Waals surface area contributed by atoms with Gasteiger partial charge in [-0.2, -0.15) is 13.2 Å². The Morgan fingerprint density at radius 2 is 1.78 bits per heavy atom. The minimum absolute atomic E-state index is 0.107. The lowest BCUT2D eigenvalue weighted by Crippen LogP contribution is -2.27. The maximum absolute atomic E-state index is 12.5. The third kappa shape index (κ3) is 4.22. The van der Waals surface area contributed by atoms with Crippen molar-refractivity contribution in [2.24, 2.45) is 0 Å². The van der Waals surface area contributed by atoms with Gasteiger partial charge in [-0.15, -0.1) is 0 Å². The van der Waals surface area contributed by atoms with E-state index in [2.05, 4.69) is 5.32 Å². The molecule has 1 amide bonds. The molecular weight excluding hydrogens is 315 g/mol. The zero-order valence-corrected chi connectivity index (χ0v) is 11.4. The van der Waals surface area contributed by atoms with E-state index >= 15 is 0 Å². The number of alkyl halides is 3. The van der Waals surface area contributed by atoms with Crippen molar-refractivity contribution in [3.63, 3.8) is 0 Å². The normalized spacial score (nSPS) is 12.0. The quantitative estimate of drug-likeness (QED) is 0.846. The summed E-state index contributed by atoms with van der Waals surface area (Å²) < 4.78 is 42.3. The number of carboxylic acids is 1. The maximum Gasteiger partial charge on any atom is 0.416 e. The molecule has 0 aliphatic rings. The molecule has 0 aliphatic carbocycles. The van der Waals surface area contributed by atoms with Crippen LogP contribution in [0.5, 0.6) is 0 Å². The molecule has 0 unspecified atom stereocenters. The van der Waals surface area contributed by atoms with E-state index in [1.54, 1.807) is 0 Å². The molecule has 0 saturated heterocycles. The van der Waals surface area contributed by atoms with Gasteiger partial charge in [0.25, 0.3) is 5.91 Å². The molecular formula is C15H10F3NO4. The van der Waals surface area contributed by atoms with Crippen LogP contribution in [0.15, 0.2) is 52.8 Å². The van der Waals surface area contributed by atoms with Crippen LogP contribution in [0, 0.1) is 0 Å². The molecule has 2 rings (SSSR count). The molecule has 23 heavy (non-hydrogen) atoms. The molecule has 0 fully saturated rings.